The molecule has 4 heteroatoms. The Balaban J connectivity index is 1.91. The van der Waals surface area contributed by atoms with Crippen molar-refractivity contribution in [1.29, 1.82) is 0 Å². The van der Waals surface area contributed by atoms with Crippen LogP contribution in [-0.2, 0) is 4.74 Å². The fraction of sp³-hybridized carbons (Fsp3) is 0.600. The van der Waals surface area contributed by atoms with Gasteiger partial charge in [0.25, 0.3) is 0 Å². The second-order valence-electron chi connectivity index (χ2n) is 5.63. The van der Waals surface area contributed by atoms with E-state index in [-0.39, 0.29) is 17.7 Å². The van der Waals surface area contributed by atoms with Crippen LogP contribution in [0.2, 0.25) is 0 Å². The van der Waals surface area contributed by atoms with Gasteiger partial charge in [0.2, 0.25) is 0 Å². The maximum atomic E-state index is 6.34. The van der Waals surface area contributed by atoms with Crippen LogP contribution in [0, 0.1) is 0 Å². The first-order valence-corrected chi connectivity index (χ1v) is 6.86. The van der Waals surface area contributed by atoms with E-state index in [9.17, 15) is 0 Å². The van der Waals surface area contributed by atoms with Crippen LogP contribution in [0.15, 0.2) is 18.2 Å². The Kier molecular flexibility index (Phi) is 3.15. The van der Waals surface area contributed by atoms with E-state index in [2.05, 4.69) is 6.92 Å². The molecule has 4 nitrogen and oxygen atoms in total. The minimum Gasteiger partial charge on any atom is -0.497 e. The normalized spacial score (nSPS) is 33.6. The molecule has 0 aromatic heterocycles. The molecule has 0 amide bonds. The van der Waals surface area contributed by atoms with Crippen molar-refractivity contribution in [2.24, 2.45) is 5.73 Å². The van der Waals surface area contributed by atoms with Crippen LogP contribution in [0.25, 0.3) is 0 Å². The molecular formula is C15H21NO3. The molecule has 0 radical (unpaired) electrons. The van der Waals surface area contributed by atoms with Gasteiger partial charge < -0.3 is 19.9 Å². The average molecular weight is 263 g/mol. The van der Waals surface area contributed by atoms with Crippen molar-refractivity contribution in [1.82, 2.24) is 0 Å². The predicted molar refractivity (Wildman–Crippen MR) is 72.5 cm³/mol. The predicted octanol–water partition coefficient (Wildman–Crippen LogP) is 2.42. The topological polar surface area (TPSA) is 53.7 Å². The van der Waals surface area contributed by atoms with Gasteiger partial charge in [-0.15, -0.1) is 0 Å². The van der Waals surface area contributed by atoms with Crippen LogP contribution in [0.5, 0.6) is 11.5 Å². The molecule has 1 spiro atoms. The maximum Gasteiger partial charge on any atom is 0.125 e. The summed E-state index contributed by atoms with van der Waals surface area (Å²) in [5.41, 5.74) is 7.24. The largest absolute Gasteiger partial charge is 0.497 e. The van der Waals surface area contributed by atoms with E-state index in [1.165, 1.54) is 0 Å². The molecule has 1 fully saturated rings. The van der Waals surface area contributed by atoms with Crippen LogP contribution in [0.1, 0.15) is 37.8 Å². The molecule has 3 rings (SSSR count). The van der Waals surface area contributed by atoms with Crippen LogP contribution in [-0.4, -0.2) is 25.4 Å². The zero-order chi connectivity index (χ0) is 13.5. The highest BCUT2D eigenvalue weighted by atomic mass is 16.5. The molecule has 104 valence electrons. The third-order valence-corrected chi connectivity index (χ3v) is 4.15. The summed E-state index contributed by atoms with van der Waals surface area (Å²) >= 11 is 0. The van der Waals surface area contributed by atoms with Crippen molar-refractivity contribution >= 4 is 0 Å². The van der Waals surface area contributed by atoms with Gasteiger partial charge in [0.1, 0.15) is 17.1 Å². The summed E-state index contributed by atoms with van der Waals surface area (Å²) in [4.78, 5) is 0. The van der Waals surface area contributed by atoms with E-state index in [0.29, 0.717) is 0 Å². The SMILES string of the molecule is COc1ccc2c(c1)[C@@H](N)CC1(CCOC(C)C1)O2. The number of rotatable bonds is 1. The standard InChI is InChI=1S/C15H21NO3/c1-10-8-15(5-6-18-10)9-13(16)12-7-11(17-2)3-4-14(12)19-15/h3-4,7,10,13H,5-6,8-9,16H2,1-2H3/t10?,13-,15?/m0/s1. The Morgan fingerprint density at radius 2 is 2.21 bits per heavy atom. The molecular weight excluding hydrogens is 242 g/mol. The molecule has 1 saturated heterocycles. The second kappa shape index (κ2) is 4.69. The van der Waals surface area contributed by atoms with Gasteiger partial charge in [-0.3, -0.25) is 0 Å². The summed E-state index contributed by atoms with van der Waals surface area (Å²) in [5, 5.41) is 0. The van der Waals surface area contributed by atoms with Crippen molar-refractivity contribution in [3.8, 4) is 11.5 Å². The Labute approximate surface area is 113 Å². The Hall–Kier alpha value is -1.26. The summed E-state index contributed by atoms with van der Waals surface area (Å²) in [7, 11) is 1.67. The van der Waals surface area contributed by atoms with Gasteiger partial charge in [-0.05, 0) is 25.1 Å². The number of fused-ring (bicyclic) bond motifs is 1. The Bertz CT molecular complexity index is 476. The summed E-state index contributed by atoms with van der Waals surface area (Å²) in [6, 6.07) is 5.88. The molecule has 1 aromatic rings. The zero-order valence-electron chi connectivity index (χ0n) is 11.5. The van der Waals surface area contributed by atoms with E-state index in [4.69, 9.17) is 19.9 Å². The van der Waals surface area contributed by atoms with Crippen LogP contribution < -0.4 is 15.2 Å². The van der Waals surface area contributed by atoms with Crippen molar-refractivity contribution in [2.45, 2.75) is 43.9 Å². The molecule has 2 aliphatic heterocycles. The van der Waals surface area contributed by atoms with Gasteiger partial charge in [-0.25, -0.2) is 0 Å². The van der Waals surface area contributed by atoms with Crippen molar-refractivity contribution in [3.05, 3.63) is 23.8 Å². The number of methoxy groups -OCH3 is 1. The lowest BCUT2D eigenvalue weighted by Crippen LogP contribution is -2.49. The summed E-state index contributed by atoms with van der Waals surface area (Å²) < 4.78 is 17.2. The quantitative estimate of drug-likeness (QED) is 0.845. The minimum atomic E-state index is -0.154. The zero-order valence-corrected chi connectivity index (χ0v) is 11.5. The lowest BCUT2D eigenvalue weighted by Gasteiger charge is -2.45. The van der Waals surface area contributed by atoms with Gasteiger partial charge >= 0.3 is 0 Å². The highest BCUT2D eigenvalue weighted by Gasteiger charge is 2.43. The molecule has 19 heavy (non-hydrogen) atoms. The molecule has 2 N–H and O–H groups in total. The van der Waals surface area contributed by atoms with Gasteiger partial charge in [0.15, 0.2) is 0 Å². The smallest absolute Gasteiger partial charge is 0.125 e. The number of ether oxygens (including phenoxy) is 3. The monoisotopic (exact) mass is 263 g/mol. The number of benzene rings is 1. The van der Waals surface area contributed by atoms with E-state index >= 15 is 0 Å². The lowest BCUT2D eigenvalue weighted by molar-refractivity contribution is -0.0949. The maximum absolute atomic E-state index is 6.34. The third kappa shape index (κ3) is 2.30. The average Bonchev–Trinajstić information content (AvgIpc) is 2.38. The summed E-state index contributed by atoms with van der Waals surface area (Å²) in [5.74, 6) is 1.72. The first kappa shape index (κ1) is 12.8. The molecule has 1 aromatic carbocycles. The van der Waals surface area contributed by atoms with Gasteiger partial charge in [0, 0.05) is 30.9 Å². The highest BCUT2D eigenvalue weighted by molar-refractivity contribution is 5.44. The Morgan fingerprint density at radius 3 is 2.95 bits per heavy atom. The lowest BCUT2D eigenvalue weighted by atomic mass is 9.80. The van der Waals surface area contributed by atoms with Crippen molar-refractivity contribution < 1.29 is 14.2 Å². The fourth-order valence-corrected chi connectivity index (χ4v) is 3.23. The molecule has 0 bridgehead atoms. The minimum absolute atomic E-state index is 0.00384. The van der Waals surface area contributed by atoms with E-state index < -0.39 is 0 Å². The number of nitrogens with two attached hydrogens (primary N) is 1. The molecule has 2 heterocycles. The first-order chi connectivity index (χ1) is 9.12. The number of hydrogen-bond acceptors (Lipinski definition) is 4. The molecule has 0 saturated carbocycles. The second-order valence-corrected chi connectivity index (χ2v) is 5.63. The molecule has 2 aliphatic rings. The van der Waals surface area contributed by atoms with E-state index in [0.717, 1.165) is 42.9 Å². The van der Waals surface area contributed by atoms with Gasteiger partial charge in [0.05, 0.1) is 19.8 Å². The highest BCUT2D eigenvalue weighted by Crippen LogP contribution is 2.45. The molecule has 2 unspecified atom stereocenters. The third-order valence-electron chi connectivity index (χ3n) is 4.15. The van der Waals surface area contributed by atoms with Crippen LogP contribution in [0.3, 0.4) is 0 Å². The van der Waals surface area contributed by atoms with E-state index in [1.54, 1.807) is 7.11 Å². The fourth-order valence-electron chi connectivity index (χ4n) is 3.23. The molecule has 0 aliphatic carbocycles. The van der Waals surface area contributed by atoms with Crippen LogP contribution in [0.4, 0.5) is 0 Å². The number of hydrogen-bond donors (Lipinski definition) is 1. The summed E-state index contributed by atoms with van der Waals surface area (Å²) in [6.45, 7) is 2.85. The first-order valence-electron chi connectivity index (χ1n) is 6.86. The summed E-state index contributed by atoms with van der Waals surface area (Å²) in [6.07, 6.45) is 2.91. The van der Waals surface area contributed by atoms with E-state index in [1.807, 2.05) is 18.2 Å². The van der Waals surface area contributed by atoms with Gasteiger partial charge in [-0.2, -0.15) is 0 Å². The van der Waals surface area contributed by atoms with Crippen LogP contribution >= 0.6 is 0 Å². The Morgan fingerprint density at radius 1 is 1.37 bits per heavy atom. The van der Waals surface area contributed by atoms with Crippen molar-refractivity contribution in [3.63, 3.8) is 0 Å². The van der Waals surface area contributed by atoms with Gasteiger partial charge in [-0.1, -0.05) is 0 Å². The molecule has 3 atom stereocenters. The van der Waals surface area contributed by atoms with Crippen molar-refractivity contribution in [2.75, 3.05) is 13.7 Å².